The predicted molar refractivity (Wildman–Crippen MR) is 84.9 cm³/mol. The van der Waals surface area contributed by atoms with E-state index in [1.54, 1.807) is 12.1 Å². The summed E-state index contributed by atoms with van der Waals surface area (Å²) in [6.45, 7) is 2.50. The molecule has 0 saturated carbocycles. The van der Waals surface area contributed by atoms with Crippen LogP contribution in [-0.4, -0.2) is 17.4 Å². The molecule has 0 bridgehead atoms. The van der Waals surface area contributed by atoms with E-state index in [4.69, 9.17) is 0 Å². The third kappa shape index (κ3) is 3.69. The second kappa shape index (κ2) is 7.36. The number of carbonyl (C=O) groups excluding carboxylic acids is 1. The molecule has 5 nitrogen and oxygen atoms in total. The van der Waals surface area contributed by atoms with E-state index >= 15 is 0 Å². The van der Waals surface area contributed by atoms with Crippen molar-refractivity contribution in [3.8, 4) is 0 Å². The second-order valence-corrected chi connectivity index (χ2v) is 5.00. The van der Waals surface area contributed by atoms with Crippen molar-refractivity contribution in [1.29, 1.82) is 0 Å². The van der Waals surface area contributed by atoms with Gasteiger partial charge in [0.05, 0.1) is 4.92 Å². The zero-order chi connectivity index (χ0) is 15.9. The molecule has 1 atom stereocenters. The number of benzene rings is 2. The molecular formula is C17H18N2O3. The Balaban J connectivity index is 2.08. The zero-order valence-electron chi connectivity index (χ0n) is 12.4. The van der Waals surface area contributed by atoms with Crippen molar-refractivity contribution < 1.29 is 9.72 Å². The standard InChI is InChI=1S/C17H18N2O3/c1-2-13(14-8-4-3-5-9-14)12-18-17(20)15-10-6-7-11-16(15)19(21)22/h3-11,13H,2,12H2,1H3,(H,18,20)/t13-/m0/s1. The summed E-state index contributed by atoms with van der Waals surface area (Å²) in [4.78, 5) is 22.6. The Kier molecular flexibility index (Phi) is 5.25. The Hall–Kier alpha value is -2.69. The van der Waals surface area contributed by atoms with Crippen LogP contribution in [0.25, 0.3) is 0 Å². The van der Waals surface area contributed by atoms with E-state index in [0.717, 1.165) is 12.0 Å². The number of rotatable bonds is 6. The summed E-state index contributed by atoms with van der Waals surface area (Å²) in [6, 6.07) is 15.9. The molecule has 0 radical (unpaired) electrons. The van der Waals surface area contributed by atoms with Crippen LogP contribution in [0.4, 0.5) is 5.69 Å². The minimum atomic E-state index is -0.538. The number of hydrogen-bond donors (Lipinski definition) is 1. The SMILES string of the molecule is CC[C@@H](CNC(=O)c1ccccc1[N+](=O)[O-])c1ccccc1. The number of para-hydroxylation sites is 1. The highest BCUT2D eigenvalue weighted by atomic mass is 16.6. The molecule has 0 fully saturated rings. The number of carbonyl (C=O) groups is 1. The minimum absolute atomic E-state index is 0.0930. The first-order valence-corrected chi connectivity index (χ1v) is 7.20. The molecule has 0 unspecified atom stereocenters. The number of amides is 1. The highest BCUT2D eigenvalue weighted by molar-refractivity contribution is 5.98. The van der Waals surface area contributed by atoms with Gasteiger partial charge < -0.3 is 5.32 Å². The largest absolute Gasteiger partial charge is 0.351 e. The van der Waals surface area contributed by atoms with Gasteiger partial charge in [-0.2, -0.15) is 0 Å². The summed E-state index contributed by atoms with van der Waals surface area (Å²) in [7, 11) is 0. The van der Waals surface area contributed by atoms with Crippen LogP contribution in [0.2, 0.25) is 0 Å². The average Bonchev–Trinajstić information content (AvgIpc) is 2.56. The minimum Gasteiger partial charge on any atom is -0.351 e. The quantitative estimate of drug-likeness (QED) is 0.655. The summed E-state index contributed by atoms with van der Waals surface area (Å²) < 4.78 is 0. The number of nitrogens with one attached hydrogen (secondary N) is 1. The lowest BCUT2D eigenvalue weighted by Gasteiger charge is -2.16. The van der Waals surface area contributed by atoms with Gasteiger partial charge in [-0.25, -0.2) is 0 Å². The van der Waals surface area contributed by atoms with Gasteiger partial charge in [0.25, 0.3) is 11.6 Å². The van der Waals surface area contributed by atoms with Gasteiger partial charge in [0, 0.05) is 18.5 Å². The van der Waals surface area contributed by atoms with Crippen LogP contribution >= 0.6 is 0 Å². The van der Waals surface area contributed by atoms with E-state index < -0.39 is 10.8 Å². The predicted octanol–water partition coefficient (Wildman–Crippen LogP) is 3.52. The molecule has 0 aromatic heterocycles. The van der Waals surface area contributed by atoms with Crippen LogP contribution in [0.3, 0.4) is 0 Å². The van der Waals surface area contributed by atoms with Gasteiger partial charge in [0.2, 0.25) is 0 Å². The summed E-state index contributed by atoms with van der Waals surface area (Å²) in [5, 5.41) is 13.8. The third-order valence-electron chi connectivity index (χ3n) is 3.62. The molecule has 2 aromatic rings. The van der Waals surface area contributed by atoms with Gasteiger partial charge in [-0.3, -0.25) is 14.9 Å². The van der Waals surface area contributed by atoms with Gasteiger partial charge in [0.1, 0.15) is 5.56 Å². The summed E-state index contributed by atoms with van der Waals surface area (Å²) in [6.07, 6.45) is 0.876. The van der Waals surface area contributed by atoms with Gasteiger partial charge in [-0.05, 0) is 18.1 Å². The maximum Gasteiger partial charge on any atom is 0.282 e. The Morgan fingerprint density at radius 2 is 1.77 bits per heavy atom. The number of hydrogen-bond acceptors (Lipinski definition) is 3. The molecule has 0 aliphatic rings. The molecule has 2 rings (SSSR count). The van der Waals surface area contributed by atoms with E-state index in [9.17, 15) is 14.9 Å². The smallest absolute Gasteiger partial charge is 0.282 e. The summed E-state index contributed by atoms with van der Waals surface area (Å²) in [5.74, 6) is -0.227. The Bertz CT molecular complexity index is 656. The molecule has 1 amide bonds. The molecule has 0 aliphatic heterocycles. The van der Waals surface area contributed by atoms with Crippen LogP contribution in [0.15, 0.2) is 54.6 Å². The average molecular weight is 298 g/mol. The van der Waals surface area contributed by atoms with Crippen LogP contribution in [0, 0.1) is 10.1 Å². The lowest BCUT2D eigenvalue weighted by atomic mass is 9.96. The van der Waals surface area contributed by atoms with Crippen LogP contribution in [-0.2, 0) is 0 Å². The van der Waals surface area contributed by atoms with Crippen LogP contribution in [0.1, 0.15) is 35.2 Å². The van der Waals surface area contributed by atoms with E-state index in [-0.39, 0.29) is 17.2 Å². The summed E-state index contributed by atoms with van der Waals surface area (Å²) in [5.41, 5.74) is 1.07. The molecule has 114 valence electrons. The van der Waals surface area contributed by atoms with Crippen molar-refractivity contribution >= 4 is 11.6 Å². The molecule has 1 N–H and O–H groups in total. The Morgan fingerprint density at radius 3 is 2.41 bits per heavy atom. The highest BCUT2D eigenvalue weighted by Gasteiger charge is 2.20. The second-order valence-electron chi connectivity index (χ2n) is 5.00. The molecule has 0 spiro atoms. The fraction of sp³-hybridized carbons (Fsp3) is 0.235. The van der Waals surface area contributed by atoms with E-state index in [1.807, 2.05) is 30.3 Å². The van der Waals surface area contributed by atoms with Crippen molar-refractivity contribution in [2.75, 3.05) is 6.54 Å². The van der Waals surface area contributed by atoms with E-state index in [0.29, 0.717) is 6.54 Å². The third-order valence-corrected chi connectivity index (χ3v) is 3.62. The molecule has 0 saturated heterocycles. The van der Waals surface area contributed by atoms with Crippen molar-refractivity contribution in [2.24, 2.45) is 0 Å². The Morgan fingerprint density at radius 1 is 1.14 bits per heavy atom. The highest BCUT2D eigenvalue weighted by Crippen LogP contribution is 2.20. The molecule has 5 heteroatoms. The Labute approximate surface area is 129 Å². The van der Waals surface area contributed by atoms with Crippen molar-refractivity contribution in [1.82, 2.24) is 5.32 Å². The fourth-order valence-electron chi connectivity index (χ4n) is 2.36. The molecule has 0 heterocycles. The first-order chi connectivity index (χ1) is 10.6. The first kappa shape index (κ1) is 15.7. The van der Waals surface area contributed by atoms with Crippen molar-refractivity contribution in [2.45, 2.75) is 19.3 Å². The molecular weight excluding hydrogens is 280 g/mol. The number of nitro groups is 1. The van der Waals surface area contributed by atoms with Gasteiger partial charge >= 0.3 is 0 Å². The van der Waals surface area contributed by atoms with Crippen LogP contribution < -0.4 is 5.32 Å². The van der Waals surface area contributed by atoms with Crippen LogP contribution in [0.5, 0.6) is 0 Å². The van der Waals surface area contributed by atoms with Gasteiger partial charge in [0.15, 0.2) is 0 Å². The van der Waals surface area contributed by atoms with E-state index in [2.05, 4.69) is 12.2 Å². The van der Waals surface area contributed by atoms with Crippen molar-refractivity contribution in [3.05, 3.63) is 75.8 Å². The zero-order valence-corrected chi connectivity index (χ0v) is 12.4. The van der Waals surface area contributed by atoms with Gasteiger partial charge in [-0.15, -0.1) is 0 Å². The normalized spacial score (nSPS) is 11.7. The molecule has 0 aliphatic carbocycles. The first-order valence-electron chi connectivity index (χ1n) is 7.20. The van der Waals surface area contributed by atoms with Gasteiger partial charge in [-0.1, -0.05) is 49.4 Å². The summed E-state index contributed by atoms with van der Waals surface area (Å²) >= 11 is 0. The molecule has 22 heavy (non-hydrogen) atoms. The monoisotopic (exact) mass is 298 g/mol. The fourth-order valence-corrected chi connectivity index (χ4v) is 2.36. The molecule has 2 aromatic carbocycles. The topological polar surface area (TPSA) is 72.2 Å². The van der Waals surface area contributed by atoms with E-state index in [1.165, 1.54) is 12.1 Å². The maximum absolute atomic E-state index is 12.2. The lowest BCUT2D eigenvalue weighted by Crippen LogP contribution is -2.28. The maximum atomic E-state index is 12.2. The number of nitro benzene ring substituents is 1. The number of nitrogens with zero attached hydrogens (tertiary/aromatic N) is 1. The lowest BCUT2D eigenvalue weighted by molar-refractivity contribution is -0.385. The van der Waals surface area contributed by atoms with Crippen molar-refractivity contribution in [3.63, 3.8) is 0 Å².